The van der Waals surface area contributed by atoms with E-state index in [0.29, 0.717) is 4.71 Å². The van der Waals surface area contributed by atoms with Crippen molar-refractivity contribution in [1.82, 2.24) is 4.31 Å². The van der Waals surface area contributed by atoms with Crippen LogP contribution in [0.2, 0.25) is 0 Å². The van der Waals surface area contributed by atoms with Gasteiger partial charge in [-0.1, -0.05) is 18.9 Å². The summed E-state index contributed by atoms with van der Waals surface area (Å²) in [5, 5.41) is 1.59. The van der Waals surface area contributed by atoms with E-state index in [0.717, 1.165) is 10.6 Å². The molecule has 1 nitrogen and oxygen atoms in total. The van der Waals surface area contributed by atoms with Crippen molar-refractivity contribution in [2.24, 2.45) is 0 Å². The van der Waals surface area contributed by atoms with Crippen molar-refractivity contribution in [3.8, 4) is 0 Å². The van der Waals surface area contributed by atoms with Crippen molar-refractivity contribution >= 4 is 36.3 Å². The SMILES string of the molecule is CC1SC(S)N2SC12. The Morgan fingerprint density at radius 2 is 2.38 bits per heavy atom. The van der Waals surface area contributed by atoms with E-state index >= 15 is 0 Å². The fourth-order valence-electron chi connectivity index (χ4n) is 0.887. The van der Waals surface area contributed by atoms with E-state index in [2.05, 4.69) is 23.9 Å². The number of fused-ring (bicyclic) bond motifs is 1. The molecule has 2 saturated heterocycles. The zero-order valence-electron chi connectivity index (χ0n) is 4.44. The highest BCUT2D eigenvalue weighted by Crippen LogP contribution is 2.57. The van der Waals surface area contributed by atoms with Gasteiger partial charge in [-0.05, 0) is 0 Å². The third-order valence-electron chi connectivity index (χ3n) is 1.39. The molecule has 0 N–H and O–H groups in total. The molecule has 0 aromatic carbocycles. The molecule has 0 amide bonds. The minimum absolute atomic E-state index is 0.472. The van der Waals surface area contributed by atoms with Crippen molar-refractivity contribution in [3.63, 3.8) is 0 Å². The maximum atomic E-state index is 4.36. The van der Waals surface area contributed by atoms with Gasteiger partial charge in [-0.2, -0.15) is 0 Å². The first-order valence-corrected chi connectivity index (χ1v) is 4.87. The molecule has 2 heterocycles. The van der Waals surface area contributed by atoms with Crippen LogP contribution in [0, 0.1) is 0 Å². The molecule has 2 fully saturated rings. The van der Waals surface area contributed by atoms with Gasteiger partial charge in [-0.25, -0.2) is 4.31 Å². The van der Waals surface area contributed by atoms with E-state index in [9.17, 15) is 0 Å². The Morgan fingerprint density at radius 3 is 2.50 bits per heavy atom. The number of hydrogen-bond acceptors (Lipinski definition) is 4. The first-order chi connectivity index (χ1) is 3.79. The highest BCUT2D eigenvalue weighted by Gasteiger charge is 2.51. The molecule has 2 rings (SSSR count). The zero-order chi connectivity index (χ0) is 5.72. The van der Waals surface area contributed by atoms with Gasteiger partial charge >= 0.3 is 0 Å². The van der Waals surface area contributed by atoms with Crippen LogP contribution in [-0.4, -0.2) is 19.6 Å². The largest absolute Gasteiger partial charge is 0.212 e. The molecule has 0 radical (unpaired) electrons. The van der Waals surface area contributed by atoms with E-state index in [-0.39, 0.29) is 0 Å². The summed E-state index contributed by atoms with van der Waals surface area (Å²) in [5.74, 6) is 0. The predicted molar refractivity (Wildman–Crippen MR) is 43.0 cm³/mol. The summed E-state index contributed by atoms with van der Waals surface area (Å²) in [7, 11) is 0. The third-order valence-corrected chi connectivity index (χ3v) is 4.94. The van der Waals surface area contributed by atoms with Crippen molar-refractivity contribution < 1.29 is 0 Å². The lowest BCUT2D eigenvalue weighted by molar-refractivity contribution is 0.629. The van der Waals surface area contributed by atoms with E-state index < -0.39 is 0 Å². The first-order valence-electron chi connectivity index (χ1n) is 2.57. The molecule has 4 atom stereocenters. The summed E-state index contributed by atoms with van der Waals surface area (Å²) < 4.78 is 2.80. The number of hydrogen-bond donors (Lipinski definition) is 1. The molecule has 0 bridgehead atoms. The van der Waals surface area contributed by atoms with Crippen molar-refractivity contribution in [3.05, 3.63) is 0 Å². The summed E-state index contributed by atoms with van der Waals surface area (Å²) >= 11 is 8.23. The quantitative estimate of drug-likeness (QED) is 0.330. The van der Waals surface area contributed by atoms with Gasteiger partial charge in [0, 0.05) is 5.25 Å². The smallest absolute Gasteiger partial charge is 0.111 e. The van der Waals surface area contributed by atoms with Crippen LogP contribution < -0.4 is 0 Å². The third kappa shape index (κ3) is 0.701. The van der Waals surface area contributed by atoms with Gasteiger partial charge in [0.2, 0.25) is 0 Å². The highest BCUT2D eigenvalue weighted by atomic mass is 32.2. The summed E-state index contributed by atoms with van der Waals surface area (Å²) in [6, 6.07) is 0. The van der Waals surface area contributed by atoms with Gasteiger partial charge in [-0.15, -0.1) is 24.4 Å². The van der Waals surface area contributed by atoms with Gasteiger partial charge < -0.3 is 0 Å². The van der Waals surface area contributed by atoms with Crippen LogP contribution in [0.1, 0.15) is 6.92 Å². The molecule has 2 aliphatic heterocycles. The minimum Gasteiger partial charge on any atom is -0.212 e. The molecule has 0 aliphatic carbocycles. The molecule has 4 heteroatoms. The van der Waals surface area contributed by atoms with Crippen LogP contribution in [0.4, 0.5) is 0 Å². The van der Waals surface area contributed by atoms with E-state index in [1.165, 1.54) is 0 Å². The second kappa shape index (κ2) is 1.75. The average Bonchev–Trinajstić information content (AvgIpc) is 2.35. The summed E-state index contributed by atoms with van der Waals surface area (Å²) in [6.45, 7) is 2.26. The lowest BCUT2D eigenvalue weighted by Gasteiger charge is -2.02. The molecular formula is C4H7NS3. The Bertz CT molecular complexity index is 102. The topological polar surface area (TPSA) is 3.01 Å². The monoisotopic (exact) mass is 165 g/mol. The number of thiol groups is 1. The Labute approximate surface area is 63.1 Å². The van der Waals surface area contributed by atoms with Gasteiger partial charge in [0.1, 0.15) is 4.71 Å². The Balaban J connectivity index is 2.09. The molecule has 8 heavy (non-hydrogen) atoms. The fourth-order valence-corrected chi connectivity index (χ4v) is 4.33. The Hall–Kier alpha value is 1.01. The van der Waals surface area contributed by atoms with Gasteiger partial charge in [0.05, 0.1) is 5.37 Å². The number of nitrogens with zero attached hydrogens (tertiary/aromatic N) is 1. The minimum atomic E-state index is 0.472. The molecule has 0 aromatic rings. The summed E-state index contributed by atoms with van der Waals surface area (Å²) in [4.78, 5) is 0. The van der Waals surface area contributed by atoms with Crippen LogP contribution in [0.15, 0.2) is 0 Å². The van der Waals surface area contributed by atoms with Gasteiger partial charge in [0.25, 0.3) is 0 Å². The summed E-state index contributed by atoms with van der Waals surface area (Å²) in [5.41, 5.74) is 0. The Morgan fingerprint density at radius 1 is 1.62 bits per heavy atom. The fraction of sp³-hybridized carbons (Fsp3) is 1.00. The van der Waals surface area contributed by atoms with Crippen LogP contribution in [0.25, 0.3) is 0 Å². The maximum absolute atomic E-state index is 4.36. The van der Waals surface area contributed by atoms with E-state index in [1.54, 1.807) is 0 Å². The zero-order valence-corrected chi connectivity index (χ0v) is 6.97. The molecule has 0 saturated carbocycles. The highest BCUT2D eigenvalue weighted by molar-refractivity contribution is 8.16. The standard InChI is InChI=1S/C4H7NS3/c1-2-3-5(8-3)4(6)7-2/h2-4,6H,1H3. The molecule has 46 valence electrons. The van der Waals surface area contributed by atoms with Crippen molar-refractivity contribution in [2.45, 2.75) is 22.3 Å². The molecule has 0 aromatic heterocycles. The maximum Gasteiger partial charge on any atom is 0.111 e. The molecular weight excluding hydrogens is 158 g/mol. The lowest BCUT2D eigenvalue weighted by Crippen LogP contribution is -1.99. The number of thioether (sulfide) groups is 1. The number of rotatable bonds is 0. The Kier molecular flexibility index (Phi) is 1.26. The summed E-state index contributed by atoms with van der Waals surface area (Å²) in [6.07, 6.45) is 0. The van der Waals surface area contributed by atoms with Crippen LogP contribution >= 0.6 is 36.3 Å². The van der Waals surface area contributed by atoms with Crippen LogP contribution in [-0.2, 0) is 0 Å². The van der Waals surface area contributed by atoms with Gasteiger partial charge in [0.15, 0.2) is 0 Å². The average molecular weight is 165 g/mol. The van der Waals surface area contributed by atoms with Gasteiger partial charge in [-0.3, -0.25) is 0 Å². The van der Waals surface area contributed by atoms with Crippen LogP contribution in [0.3, 0.4) is 0 Å². The van der Waals surface area contributed by atoms with Crippen molar-refractivity contribution in [2.75, 3.05) is 0 Å². The van der Waals surface area contributed by atoms with E-state index in [1.807, 2.05) is 23.7 Å². The second-order valence-electron chi connectivity index (χ2n) is 2.02. The van der Waals surface area contributed by atoms with E-state index in [4.69, 9.17) is 0 Å². The first kappa shape index (κ1) is 5.77. The molecule has 4 unspecified atom stereocenters. The second-order valence-corrected chi connectivity index (χ2v) is 5.44. The van der Waals surface area contributed by atoms with Crippen molar-refractivity contribution in [1.29, 1.82) is 0 Å². The molecule has 2 aliphatic rings. The van der Waals surface area contributed by atoms with Crippen LogP contribution in [0.5, 0.6) is 0 Å². The molecule has 0 spiro atoms. The predicted octanol–water partition coefficient (Wildman–Crippen LogP) is 1.62. The normalized spacial score (nSPS) is 60.8. The lowest BCUT2D eigenvalue weighted by atomic mass is 10.5.